The van der Waals surface area contributed by atoms with Crippen molar-refractivity contribution in [3.63, 3.8) is 0 Å². The van der Waals surface area contributed by atoms with Crippen LogP contribution in [0, 0.1) is 5.82 Å². The van der Waals surface area contributed by atoms with E-state index in [1.807, 2.05) is 24.3 Å². The van der Waals surface area contributed by atoms with Gasteiger partial charge < -0.3 is 11.1 Å². The molecule has 2 aromatic carbocycles. The van der Waals surface area contributed by atoms with Gasteiger partial charge in [-0.1, -0.05) is 24.3 Å². The van der Waals surface area contributed by atoms with Gasteiger partial charge in [0.05, 0.1) is 0 Å². The van der Waals surface area contributed by atoms with Crippen molar-refractivity contribution in [3.8, 4) is 0 Å². The van der Waals surface area contributed by atoms with Crippen LogP contribution >= 0.6 is 0 Å². The van der Waals surface area contributed by atoms with Gasteiger partial charge in [-0.2, -0.15) is 0 Å². The van der Waals surface area contributed by atoms with Gasteiger partial charge >= 0.3 is 0 Å². The summed E-state index contributed by atoms with van der Waals surface area (Å²) in [5.74, 6) is -0.698. The molecular weight excluding hydrogens is 255 g/mol. The lowest BCUT2D eigenvalue weighted by atomic mass is 9.94. The van der Waals surface area contributed by atoms with Gasteiger partial charge in [-0.25, -0.2) is 4.39 Å². The molecule has 0 aromatic heterocycles. The fraction of sp³-hybridized carbons (Fsp3) is 0.188. The Kier molecular flexibility index (Phi) is 2.93. The van der Waals surface area contributed by atoms with Crippen LogP contribution in [0.25, 0.3) is 0 Å². The quantitative estimate of drug-likeness (QED) is 0.899. The Balaban J connectivity index is 1.92. The molecule has 0 unspecified atom stereocenters. The van der Waals surface area contributed by atoms with E-state index in [1.165, 1.54) is 12.1 Å². The molecule has 0 atom stereocenters. The van der Waals surface area contributed by atoms with Crippen molar-refractivity contribution in [2.24, 2.45) is 5.73 Å². The Morgan fingerprint density at radius 2 is 1.60 bits per heavy atom. The van der Waals surface area contributed by atoms with Crippen molar-refractivity contribution in [1.82, 2.24) is 0 Å². The molecule has 3 N–H and O–H groups in total. The number of carbonyl (C=O) groups excluding carboxylic acids is 1. The van der Waals surface area contributed by atoms with Crippen LogP contribution in [0.15, 0.2) is 48.5 Å². The summed E-state index contributed by atoms with van der Waals surface area (Å²) >= 11 is 0. The highest BCUT2D eigenvalue weighted by molar-refractivity contribution is 5.90. The second kappa shape index (κ2) is 4.63. The monoisotopic (exact) mass is 270 g/mol. The fourth-order valence-electron chi connectivity index (χ4n) is 2.75. The summed E-state index contributed by atoms with van der Waals surface area (Å²) in [7, 11) is 0. The number of primary amides is 1. The van der Waals surface area contributed by atoms with Crippen LogP contribution < -0.4 is 11.1 Å². The Hall–Kier alpha value is -2.36. The van der Waals surface area contributed by atoms with Crippen molar-refractivity contribution >= 4 is 11.6 Å². The number of rotatable bonds is 3. The van der Waals surface area contributed by atoms with Gasteiger partial charge in [0.25, 0.3) is 0 Å². The third-order valence-corrected chi connectivity index (χ3v) is 3.80. The number of hydrogen-bond acceptors (Lipinski definition) is 2. The average Bonchev–Trinajstić information content (AvgIpc) is 2.81. The van der Waals surface area contributed by atoms with Crippen molar-refractivity contribution in [2.75, 3.05) is 5.32 Å². The summed E-state index contributed by atoms with van der Waals surface area (Å²) < 4.78 is 12.9. The van der Waals surface area contributed by atoms with Gasteiger partial charge in [0.2, 0.25) is 5.91 Å². The third-order valence-electron chi connectivity index (χ3n) is 3.80. The van der Waals surface area contributed by atoms with Gasteiger partial charge in [-0.3, -0.25) is 4.79 Å². The second-order valence-electron chi connectivity index (χ2n) is 5.20. The van der Waals surface area contributed by atoms with Crippen molar-refractivity contribution in [3.05, 3.63) is 65.5 Å². The number of nitrogens with one attached hydrogen (secondary N) is 1. The average molecular weight is 270 g/mol. The van der Waals surface area contributed by atoms with E-state index in [2.05, 4.69) is 5.32 Å². The molecule has 3 nitrogen and oxygen atoms in total. The van der Waals surface area contributed by atoms with Crippen LogP contribution in [0.5, 0.6) is 0 Å². The predicted octanol–water partition coefficient (Wildman–Crippen LogP) is 2.26. The molecule has 1 aliphatic rings. The SMILES string of the molecule is NC(=O)C1(Nc2ccc(F)cc2)Cc2ccccc2C1. The molecule has 0 heterocycles. The Morgan fingerprint density at radius 3 is 2.10 bits per heavy atom. The van der Waals surface area contributed by atoms with E-state index >= 15 is 0 Å². The molecule has 1 amide bonds. The Labute approximate surface area is 116 Å². The standard InChI is InChI=1S/C16H15FN2O/c17-13-5-7-14(8-6-13)19-16(15(18)20)9-11-3-1-2-4-12(11)10-16/h1-8,19H,9-10H2,(H2,18,20). The zero-order valence-corrected chi connectivity index (χ0v) is 10.9. The van der Waals surface area contributed by atoms with Gasteiger partial charge in [0, 0.05) is 18.5 Å². The molecule has 0 saturated carbocycles. The second-order valence-corrected chi connectivity index (χ2v) is 5.20. The minimum Gasteiger partial charge on any atom is -0.371 e. The maximum Gasteiger partial charge on any atom is 0.243 e. The molecule has 0 fully saturated rings. The van der Waals surface area contributed by atoms with Crippen molar-refractivity contribution < 1.29 is 9.18 Å². The topological polar surface area (TPSA) is 55.1 Å². The molecule has 0 radical (unpaired) electrons. The van der Waals surface area contributed by atoms with Crippen LogP contribution in [-0.4, -0.2) is 11.4 Å². The van der Waals surface area contributed by atoms with E-state index < -0.39 is 11.4 Å². The summed E-state index contributed by atoms with van der Waals surface area (Å²) in [4.78, 5) is 11.9. The molecule has 102 valence electrons. The first-order chi connectivity index (χ1) is 9.59. The number of benzene rings is 2. The number of anilines is 1. The molecule has 0 saturated heterocycles. The third kappa shape index (κ3) is 2.13. The highest BCUT2D eigenvalue weighted by Crippen LogP contribution is 2.32. The molecule has 4 heteroatoms. The van der Waals surface area contributed by atoms with Gasteiger partial charge in [-0.15, -0.1) is 0 Å². The normalized spacial score (nSPS) is 15.7. The van der Waals surface area contributed by atoms with Crippen molar-refractivity contribution in [1.29, 1.82) is 0 Å². The van der Waals surface area contributed by atoms with Crippen LogP contribution in [0.2, 0.25) is 0 Å². The van der Waals surface area contributed by atoms with E-state index in [0.29, 0.717) is 18.5 Å². The molecule has 0 bridgehead atoms. The van der Waals surface area contributed by atoms with E-state index in [-0.39, 0.29) is 5.82 Å². The maximum absolute atomic E-state index is 12.9. The minimum absolute atomic E-state index is 0.307. The summed E-state index contributed by atoms with van der Waals surface area (Å²) in [6.45, 7) is 0. The van der Waals surface area contributed by atoms with Crippen LogP contribution in [0.4, 0.5) is 10.1 Å². The molecule has 3 rings (SSSR count). The number of fused-ring (bicyclic) bond motifs is 1. The summed E-state index contributed by atoms with van der Waals surface area (Å²) in [6.07, 6.45) is 1.10. The lowest BCUT2D eigenvalue weighted by Gasteiger charge is -2.28. The number of hydrogen-bond donors (Lipinski definition) is 2. The maximum atomic E-state index is 12.9. The summed E-state index contributed by atoms with van der Waals surface area (Å²) in [6, 6.07) is 13.9. The van der Waals surface area contributed by atoms with Crippen LogP contribution in [0.3, 0.4) is 0 Å². The molecule has 0 spiro atoms. The lowest BCUT2D eigenvalue weighted by Crippen LogP contribution is -2.51. The fourth-order valence-corrected chi connectivity index (χ4v) is 2.75. The van der Waals surface area contributed by atoms with Gasteiger partial charge in [-0.05, 0) is 35.4 Å². The molecule has 2 aromatic rings. The number of amides is 1. The lowest BCUT2D eigenvalue weighted by molar-refractivity contribution is -0.122. The molecule has 0 aliphatic heterocycles. The predicted molar refractivity (Wildman–Crippen MR) is 75.8 cm³/mol. The number of halogens is 1. The van der Waals surface area contributed by atoms with Crippen LogP contribution in [-0.2, 0) is 17.6 Å². The number of carbonyl (C=O) groups is 1. The number of nitrogens with two attached hydrogens (primary N) is 1. The molecular formula is C16H15FN2O. The van der Waals surface area contributed by atoms with Gasteiger partial charge in [0.15, 0.2) is 0 Å². The smallest absolute Gasteiger partial charge is 0.243 e. The van der Waals surface area contributed by atoms with Gasteiger partial charge in [0.1, 0.15) is 11.4 Å². The Morgan fingerprint density at radius 1 is 1.05 bits per heavy atom. The Bertz CT molecular complexity index is 627. The van der Waals surface area contributed by atoms with E-state index in [9.17, 15) is 9.18 Å². The summed E-state index contributed by atoms with van der Waals surface area (Å²) in [5, 5.41) is 3.19. The van der Waals surface area contributed by atoms with Crippen LogP contribution in [0.1, 0.15) is 11.1 Å². The highest BCUT2D eigenvalue weighted by atomic mass is 19.1. The largest absolute Gasteiger partial charge is 0.371 e. The van der Waals surface area contributed by atoms with E-state index in [4.69, 9.17) is 5.73 Å². The minimum atomic E-state index is -0.832. The first-order valence-electron chi connectivity index (χ1n) is 6.49. The summed E-state index contributed by atoms with van der Waals surface area (Å²) in [5.41, 5.74) is 7.73. The van der Waals surface area contributed by atoms with Crippen molar-refractivity contribution in [2.45, 2.75) is 18.4 Å². The highest BCUT2D eigenvalue weighted by Gasteiger charge is 2.42. The molecule has 20 heavy (non-hydrogen) atoms. The first kappa shape index (κ1) is 12.7. The molecule has 1 aliphatic carbocycles. The zero-order valence-electron chi connectivity index (χ0n) is 10.9. The first-order valence-corrected chi connectivity index (χ1v) is 6.49. The zero-order chi connectivity index (χ0) is 14.2. The van der Waals surface area contributed by atoms with E-state index in [1.54, 1.807) is 12.1 Å². The van der Waals surface area contributed by atoms with E-state index in [0.717, 1.165) is 11.1 Å².